The van der Waals surface area contributed by atoms with Gasteiger partial charge < -0.3 is 4.57 Å². The summed E-state index contributed by atoms with van der Waals surface area (Å²) in [5.74, 6) is 0. The minimum Gasteiger partial charge on any atom is -0.309 e. The number of hydrogen-bond donors (Lipinski definition) is 0. The molecule has 0 amide bonds. The second kappa shape index (κ2) is 10.8. The Morgan fingerprint density at radius 2 is 0.917 bits per heavy atom. The number of para-hydroxylation sites is 1. The lowest BCUT2D eigenvalue weighted by Gasteiger charge is -2.13. The number of benzene rings is 8. The molecule has 1 nitrogen and oxygen atoms in total. The van der Waals surface area contributed by atoms with Crippen LogP contribution in [0.1, 0.15) is 0 Å². The monoisotopic (exact) mass is 627 g/mol. The molecule has 2 aromatic heterocycles. The van der Waals surface area contributed by atoms with Crippen LogP contribution in [0.2, 0.25) is 0 Å². The molecule has 10 aromatic rings. The summed E-state index contributed by atoms with van der Waals surface area (Å²) in [5, 5.41) is 7.83. The summed E-state index contributed by atoms with van der Waals surface area (Å²) in [6.45, 7) is 0. The topological polar surface area (TPSA) is 4.93 Å². The summed E-state index contributed by atoms with van der Waals surface area (Å²) in [6.07, 6.45) is 0. The molecule has 0 aliphatic rings. The van der Waals surface area contributed by atoms with E-state index in [1.807, 2.05) is 11.3 Å². The maximum atomic E-state index is 2.44. The molecule has 0 saturated carbocycles. The molecule has 0 atom stereocenters. The highest BCUT2D eigenvalue weighted by Crippen LogP contribution is 2.42. The van der Waals surface area contributed by atoms with Gasteiger partial charge in [0.25, 0.3) is 0 Å². The van der Waals surface area contributed by atoms with E-state index in [1.54, 1.807) is 0 Å². The third-order valence-corrected chi connectivity index (χ3v) is 11.0. The molecule has 48 heavy (non-hydrogen) atoms. The summed E-state index contributed by atoms with van der Waals surface area (Å²) >= 11 is 1.90. The zero-order valence-corrected chi connectivity index (χ0v) is 26.9. The van der Waals surface area contributed by atoms with Crippen LogP contribution >= 0.6 is 11.3 Å². The molecule has 0 unspecified atom stereocenters. The first-order chi connectivity index (χ1) is 23.8. The highest BCUT2D eigenvalue weighted by Gasteiger charge is 2.16. The summed E-state index contributed by atoms with van der Waals surface area (Å²) < 4.78 is 5.13. The summed E-state index contributed by atoms with van der Waals surface area (Å²) in [5.41, 5.74) is 10.9. The Morgan fingerprint density at radius 1 is 0.333 bits per heavy atom. The Labute approximate surface area is 282 Å². The molecule has 0 saturated heterocycles. The number of thiophene rings is 1. The van der Waals surface area contributed by atoms with Crippen molar-refractivity contribution in [3.05, 3.63) is 176 Å². The molecular formula is C46H29NS. The third-order valence-electron chi connectivity index (χ3n) is 9.76. The van der Waals surface area contributed by atoms with E-state index in [9.17, 15) is 0 Å². The van der Waals surface area contributed by atoms with Crippen molar-refractivity contribution in [2.45, 2.75) is 0 Å². The lowest BCUT2D eigenvalue weighted by molar-refractivity contribution is 1.18. The van der Waals surface area contributed by atoms with Gasteiger partial charge in [-0.3, -0.25) is 0 Å². The first-order valence-electron chi connectivity index (χ1n) is 16.4. The van der Waals surface area contributed by atoms with Crippen LogP contribution in [0.3, 0.4) is 0 Å². The van der Waals surface area contributed by atoms with Crippen LogP contribution in [0.4, 0.5) is 0 Å². The minimum absolute atomic E-state index is 1.16. The van der Waals surface area contributed by atoms with Gasteiger partial charge in [-0.05, 0) is 93.4 Å². The molecule has 0 fully saturated rings. The van der Waals surface area contributed by atoms with Gasteiger partial charge in [0.1, 0.15) is 0 Å². The van der Waals surface area contributed by atoms with Gasteiger partial charge >= 0.3 is 0 Å². The Morgan fingerprint density at radius 3 is 1.60 bits per heavy atom. The van der Waals surface area contributed by atoms with Gasteiger partial charge in [-0.25, -0.2) is 0 Å². The van der Waals surface area contributed by atoms with Crippen molar-refractivity contribution in [3.63, 3.8) is 0 Å². The van der Waals surface area contributed by atoms with Crippen molar-refractivity contribution in [1.82, 2.24) is 4.57 Å². The molecule has 10 rings (SSSR count). The Balaban J connectivity index is 1.15. The lowest BCUT2D eigenvalue weighted by Crippen LogP contribution is -1.94. The van der Waals surface area contributed by atoms with E-state index >= 15 is 0 Å². The zero-order chi connectivity index (χ0) is 31.6. The smallest absolute Gasteiger partial charge is 0.0547 e. The third kappa shape index (κ3) is 4.31. The SMILES string of the molecule is c1ccc(-c2cc(-c3ccccc3)cc(-c3ccc(-n4c5ccccc5c5cc6ccc7c8ccccc8sc7c6cc54)cc3)c2)cc1. The molecule has 0 aliphatic heterocycles. The minimum atomic E-state index is 1.16. The average molecular weight is 628 g/mol. The number of nitrogens with zero attached hydrogens (tertiary/aromatic N) is 1. The van der Waals surface area contributed by atoms with Crippen LogP contribution in [0.5, 0.6) is 0 Å². The van der Waals surface area contributed by atoms with E-state index in [0.29, 0.717) is 0 Å². The predicted octanol–water partition coefficient (Wildman–Crippen LogP) is 13.3. The highest BCUT2D eigenvalue weighted by molar-refractivity contribution is 7.26. The molecule has 0 N–H and O–H groups in total. The van der Waals surface area contributed by atoms with Gasteiger partial charge in [-0.2, -0.15) is 0 Å². The maximum Gasteiger partial charge on any atom is 0.0547 e. The quantitative estimate of drug-likeness (QED) is 0.183. The Kier molecular flexibility index (Phi) is 6.12. The van der Waals surface area contributed by atoms with E-state index in [4.69, 9.17) is 0 Å². The van der Waals surface area contributed by atoms with E-state index in [1.165, 1.54) is 86.1 Å². The second-order valence-corrected chi connectivity index (χ2v) is 13.6. The van der Waals surface area contributed by atoms with Gasteiger partial charge in [0.15, 0.2) is 0 Å². The van der Waals surface area contributed by atoms with Crippen LogP contribution in [-0.2, 0) is 0 Å². The fourth-order valence-corrected chi connectivity index (χ4v) is 8.67. The summed E-state index contributed by atoms with van der Waals surface area (Å²) in [6, 6.07) is 64.4. The van der Waals surface area contributed by atoms with Gasteiger partial charge in [0.05, 0.1) is 11.0 Å². The molecule has 0 radical (unpaired) electrons. The molecule has 8 aromatic carbocycles. The number of rotatable bonds is 4. The first-order valence-corrected chi connectivity index (χ1v) is 17.2. The van der Waals surface area contributed by atoms with Crippen molar-refractivity contribution in [1.29, 1.82) is 0 Å². The Bertz CT molecular complexity index is 2750. The normalized spacial score (nSPS) is 11.8. The van der Waals surface area contributed by atoms with Gasteiger partial charge in [-0.1, -0.05) is 121 Å². The van der Waals surface area contributed by atoms with Crippen LogP contribution < -0.4 is 0 Å². The van der Waals surface area contributed by atoms with E-state index in [0.717, 1.165) is 5.69 Å². The van der Waals surface area contributed by atoms with E-state index in [2.05, 4.69) is 180 Å². The molecule has 2 heteroatoms. The standard InChI is InChI=1S/C46H29NS/c1-3-11-30(12-4-1)34-25-35(31-13-5-2-6-14-31)27-36(26-34)32-19-22-37(23-20-32)47-43-17-9-7-15-38(43)42-28-33-21-24-40-39-16-8-10-18-45(39)48-46(40)41(33)29-44(42)47/h1-29H. The van der Waals surface area contributed by atoms with Crippen molar-refractivity contribution in [3.8, 4) is 39.1 Å². The van der Waals surface area contributed by atoms with Crippen molar-refractivity contribution in [2.75, 3.05) is 0 Å². The van der Waals surface area contributed by atoms with Crippen LogP contribution in [-0.4, -0.2) is 4.57 Å². The van der Waals surface area contributed by atoms with Crippen molar-refractivity contribution >= 4 is 64.1 Å². The number of hydrogen-bond acceptors (Lipinski definition) is 1. The molecule has 0 bridgehead atoms. The van der Waals surface area contributed by atoms with E-state index in [-0.39, 0.29) is 0 Å². The van der Waals surface area contributed by atoms with Crippen LogP contribution in [0.25, 0.3) is 91.8 Å². The fourth-order valence-electron chi connectivity index (χ4n) is 7.44. The largest absolute Gasteiger partial charge is 0.309 e. The molecule has 2 heterocycles. The Hall–Kier alpha value is -5.96. The van der Waals surface area contributed by atoms with Gasteiger partial charge in [0.2, 0.25) is 0 Å². The van der Waals surface area contributed by atoms with Crippen LogP contribution in [0, 0.1) is 0 Å². The maximum absolute atomic E-state index is 2.44. The van der Waals surface area contributed by atoms with E-state index < -0.39 is 0 Å². The predicted molar refractivity (Wildman–Crippen MR) is 207 cm³/mol. The molecular weight excluding hydrogens is 599 g/mol. The fraction of sp³-hybridized carbons (Fsp3) is 0. The lowest BCUT2D eigenvalue weighted by atomic mass is 9.93. The van der Waals surface area contributed by atoms with Crippen molar-refractivity contribution in [2.24, 2.45) is 0 Å². The molecule has 224 valence electrons. The van der Waals surface area contributed by atoms with Gasteiger partial charge in [-0.15, -0.1) is 11.3 Å². The summed E-state index contributed by atoms with van der Waals surface area (Å²) in [7, 11) is 0. The highest BCUT2D eigenvalue weighted by atomic mass is 32.1. The van der Waals surface area contributed by atoms with Gasteiger partial charge in [0, 0.05) is 42.0 Å². The second-order valence-electron chi connectivity index (χ2n) is 12.6. The average Bonchev–Trinajstić information content (AvgIpc) is 3.70. The van der Waals surface area contributed by atoms with Crippen LogP contribution in [0.15, 0.2) is 176 Å². The summed E-state index contributed by atoms with van der Waals surface area (Å²) in [4.78, 5) is 0. The van der Waals surface area contributed by atoms with Crippen molar-refractivity contribution < 1.29 is 0 Å². The number of fused-ring (bicyclic) bond motifs is 8. The zero-order valence-electron chi connectivity index (χ0n) is 26.1. The number of aromatic nitrogens is 1. The first kappa shape index (κ1) is 27.2. The molecule has 0 aliphatic carbocycles. The molecule has 0 spiro atoms.